The fourth-order valence-corrected chi connectivity index (χ4v) is 4.81. The normalized spacial score (nSPS) is 13.8. The number of urea groups is 1. The van der Waals surface area contributed by atoms with E-state index in [4.69, 9.17) is 5.11 Å². The number of aromatic nitrogens is 3. The van der Waals surface area contributed by atoms with Gasteiger partial charge in [0.1, 0.15) is 5.82 Å². The van der Waals surface area contributed by atoms with Crippen molar-refractivity contribution in [3.05, 3.63) is 58.1 Å². The molecule has 1 fully saturated rings. The number of carboxylic acids is 1. The summed E-state index contributed by atoms with van der Waals surface area (Å²) in [4.78, 5) is 45.8. The topological polar surface area (TPSA) is 126 Å². The summed E-state index contributed by atoms with van der Waals surface area (Å²) in [5, 5.41) is 15.0. The van der Waals surface area contributed by atoms with Crippen LogP contribution in [-0.2, 0) is 13.5 Å². The number of imidazole rings is 1. The third kappa shape index (κ3) is 5.28. The lowest BCUT2D eigenvalue weighted by Crippen LogP contribution is -2.22. The molecule has 0 unspecified atom stereocenters. The van der Waals surface area contributed by atoms with Gasteiger partial charge in [-0.1, -0.05) is 24.5 Å². The molecular weight excluding hydrogens is 442 g/mol. The Bertz CT molecular complexity index is 1210. The molecule has 10 heteroatoms. The summed E-state index contributed by atoms with van der Waals surface area (Å²) in [7, 11) is 1.73. The third-order valence-electron chi connectivity index (χ3n) is 5.71. The monoisotopic (exact) mass is 467 g/mol. The first-order valence-corrected chi connectivity index (χ1v) is 11.5. The molecule has 172 valence electrons. The van der Waals surface area contributed by atoms with Gasteiger partial charge in [0.05, 0.1) is 5.69 Å². The number of hydrogen-bond acceptors (Lipinski definition) is 6. The van der Waals surface area contributed by atoms with Crippen molar-refractivity contribution in [3.8, 4) is 0 Å². The van der Waals surface area contributed by atoms with Crippen molar-refractivity contribution in [2.75, 3.05) is 10.6 Å². The fourth-order valence-electron chi connectivity index (χ4n) is 4.00. The second-order valence-electron chi connectivity index (χ2n) is 8.24. The molecule has 9 nitrogen and oxygen atoms in total. The van der Waals surface area contributed by atoms with Crippen LogP contribution in [-0.4, -0.2) is 37.4 Å². The van der Waals surface area contributed by atoms with E-state index in [2.05, 4.69) is 20.6 Å². The second kappa shape index (κ2) is 9.53. The smallest absolute Gasteiger partial charge is 0.356 e. The zero-order chi connectivity index (χ0) is 23.5. The Balaban J connectivity index is 1.42. The zero-order valence-electron chi connectivity index (χ0n) is 18.4. The van der Waals surface area contributed by atoms with Crippen molar-refractivity contribution in [1.82, 2.24) is 14.5 Å². The molecule has 2 heterocycles. The predicted octanol–water partition coefficient (Wildman–Crippen LogP) is 4.49. The largest absolute Gasteiger partial charge is 0.476 e. The van der Waals surface area contributed by atoms with Gasteiger partial charge in [-0.3, -0.25) is 10.1 Å². The van der Waals surface area contributed by atoms with E-state index in [1.165, 1.54) is 17.5 Å². The van der Waals surface area contributed by atoms with Crippen molar-refractivity contribution in [1.29, 1.82) is 0 Å². The molecule has 0 radical (unpaired) electrons. The summed E-state index contributed by atoms with van der Waals surface area (Å²) in [5.41, 5.74) is 1.98. The number of carbonyl (C=O) groups excluding carboxylic acids is 2. The highest BCUT2D eigenvalue weighted by Gasteiger charge is 2.26. The van der Waals surface area contributed by atoms with Crippen LogP contribution in [0.3, 0.4) is 0 Å². The molecule has 1 saturated carbocycles. The number of aromatic carboxylic acids is 1. The molecule has 3 aromatic rings. The maximum Gasteiger partial charge on any atom is 0.356 e. The Hall–Kier alpha value is -3.53. The summed E-state index contributed by atoms with van der Waals surface area (Å²) < 4.78 is 1.66. The molecule has 0 spiro atoms. The molecule has 1 aliphatic carbocycles. The van der Waals surface area contributed by atoms with Crippen molar-refractivity contribution in [3.63, 3.8) is 0 Å². The zero-order valence-corrected chi connectivity index (χ0v) is 19.2. The van der Waals surface area contributed by atoms with E-state index in [-0.39, 0.29) is 17.4 Å². The van der Waals surface area contributed by atoms with Crippen LogP contribution in [0.1, 0.15) is 62.8 Å². The van der Waals surface area contributed by atoms with E-state index in [1.807, 2.05) is 19.1 Å². The minimum atomic E-state index is -1.08. The Morgan fingerprint density at radius 1 is 1.21 bits per heavy atom. The number of carbonyl (C=O) groups is 3. The van der Waals surface area contributed by atoms with Gasteiger partial charge in [-0.15, -0.1) is 11.3 Å². The molecule has 0 aliphatic heterocycles. The molecule has 3 N–H and O–H groups in total. The number of nitrogens with one attached hydrogen (secondary N) is 2. The van der Waals surface area contributed by atoms with Crippen LogP contribution < -0.4 is 10.6 Å². The van der Waals surface area contributed by atoms with Crippen molar-refractivity contribution >= 4 is 39.9 Å². The van der Waals surface area contributed by atoms with Gasteiger partial charge in [0.2, 0.25) is 0 Å². The SMILES string of the molecule is Cc1ccc(NC(=O)Nc2ncc(Cc3nc(C(=O)O)cn3C)s2)c(C(=O)C2CCCC2)c1. The van der Waals surface area contributed by atoms with Gasteiger partial charge in [0, 0.05) is 42.2 Å². The molecule has 4 rings (SSSR count). The Labute approximate surface area is 194 Å². The van der Waals surface area contributed by atoms with Gasteiger partial charge in [0.15, 0.2) is 16.6 Å². The first kappa shape index (κ1) is 22.7. The molecule has 33 heavy (non-hydrogen) atoms. The van der Waals surface area contributed by atoms with E-state index in [0.717, 1.165) is 36.1 Å². The fraction of sp³-hybridized carbons (Fsp3) is 0.348. The van der Waals surface area contributed by atoms with Crippen molar-refractivity contribution in [2.45, 2.75) is 39.0 Å². The highest BCUT2D eigenvalue weighted by Crippen LogP contribution is 2.31. The highest BCUT2D eigenvalue weighted by molar-refractivity contribution is 7.15. The lowest BCUT2D eigenvalue weighted by Gasteiger charge is -2.14. The van der Waals surface area contributed by atoms with Crippen LogP contribution in [0.5, 0.6) is 0 Å². The van der Waals surface area contributed by atoms with Gasteiger partial charge < -0.3 is 15.0 Å². The predicted molar refractivity (Wildman–Crippen MR) is 125 cm³/mol. The molecular formula is C23H25N5O4S. The summed E-state index contributed by atoms with van der Waals surface area (Å²) in [5.74, 6) is -0.396. The van der Waals surface area contributed by atoms with Crippen LogP contribution >= 0.6 is 11.3 Å². The van der Waals surface area contributed by atoms with Crippen LogP contribution in [0.25, 0.3) is 0 Å². The quantitative estimate of drug-likeness (QED) is 0.440. The van der Waals surface area contributed by atoms with Gasteiger partial charge in [-0.05, 0) is 31.9 Å². The lowest BCUT2D eigenvalue weighted by molar-refractivity contribution is 0.0690. The molecule has 1 aromatic carbocycles. The van der Waals surface area contributed by atoms with Crippen LogP contribution in [0, 0.1) is 12.8 Å². The van der Waals surface area contributed by atoms with Crippen LogP contribution in [0.4, 0.5) is 15.6 Å². The number of Topliss-reactive ketones (excluding diaryl/α,β-unsaturated/α-hetero) is 1. The van der Waals surface area contributed by atoms with Gasteiger partial charge in [-0.2, -0.15) is 0 Å². The number of nitrogens with zero attached hydrogens (tertiary/aromatic N) is 3. The number of anilines is 2. The Kier molecular flexibility index (Phi) is 6.55. The molecule has 1 aliphatic rings. The van der Waals surface area contributed by atoms with Gasteiger partial charge >= 0.3 is 12.0 Å². The highest BCUT2D eigenvalue weighted by atomic mass is 32.1. The minimum absolute atomic E-state index is 0.0178. The second-order valence-corrected chi connectivity index (χ2v) is 9.36. The number of thiazole rings is 1. The van der Waals surface area contributed by atoms with Crippen LogP contribution in [0.2, 0.25) is 0 Å². The van der Waals surface area contributed by atoms with E-state index in [9.17, 15) is 14.4 Å². The first-order valence-electron chi connectivity index (χ1n) is 10.7. The summed E-state index contributed by atoms with van der Waals surface area (Å²) in [6.07, 6.45) is 7.38. The maximum atomic E-state index is 13.0. The molecule has 0 bridgehead atoms. The Morgan fingerprint density at radius 2 is 1.97 bits per heavy atom. The average Bonchev–Trinajstić information content (AvgIpc) is 3.52. The van der Waals surface area contributed by atoms with E-state index >= 15 is 0 Å². The standard InChI is InChI=1S/C23H25N5O4S/c1-13-7-8-17(16(9-13)20(29)14-5-3-4-6-14)26-22(32)27-23-24-11-15(33-23)10-19-25-18(21(30)31)12-28(19)2/h7-9,11-12,14H,3-6,10H2,1-2H3,(H,30,31)(H2,24,26,27,32). The van der Waals surface area contributed by atoms with Crippen molar-refractivity contribution in [2.24, 2.45) is 13.0 Å². The van der Waals surface area contributed by atoms with E-state index in [0.29, 0.717) is 28.6 Å². The van der Waals surface area contributed by atoms with Gasteiger partial charge in [-0.25, -0.2) is 19.6 Å². The van der Waals surface area contributed by atoms with E-state index in [1.54, 1.807) is 23.9 Å². The summed E-state index contributed by atoms with van der Waals surface area (Å²) in [6.45, 7) is 1.92. The number of aryl methyl sites for hydroxylation is 2. The minimum Gasteiger partial charge on any atom is -0.476 e. The molecule has 0 atom stereocenters. The molecule has 2 aromatic heterocycles. The molecule has 2 amide bonds. The summed E-state index contributed by atoms with van der Waals surface area (Å²) in [6, 6.07) is 4.97. The first-order chi connectivity index (χ1) is 15.8. The van der Waals surface area contributed by atoms with E-state index < -0.39 is 12.0 Å². The van der Waals surface area contributed by atoms with Crippen LogP contribution in [0.15, 0.2) is 30.6 Å². The number of hydrogen-bond donors (Lipinski definition) is 3. The lowest BCUT2D eigenvalue weighted by atomic mass is 9.94. The number of benzene rings is 1. The average molecular weight is 468 g/mol. The van der Waals surface area contributed by atoms with Gasteiger partial charge in [0.25, 0.3) is 0 Å². The third-order valence-corrected chi connectivity index (χ3v) is 6.63. The summed E-state index contributed by atoms with van der Waals surface area (Å²) >= 11 is 1.28. The Morgan fingerprint density at radius 3 is 2.67 bits per heavy atom. The number of amides is 2. The number of rotatable bonds is 7. The van der Waals surface area contributed by atoms with Crippen molar-refractivity contribution < 1.29 is 19.5 Å². The number of carboxylic acid groups (broad SMARTS) is 1. The number of ketones is 1. The molecule has 0 saturated heterocycles. The maximum absolute atomic E-state index is 13.0.